The van der Waals surface area contributed by atoms with Gasteiger partial charge in [-0.3, -0.25) is 0 Å². The molecule has 0 saturated heterocycles. The molecule has 1 N–H and O–H groups in total. The van der Waals surface area contributed by atoms with Gasteiger partial charge in [0.05, 0.1) is 5.56 Å². The first kappa shape index (κ1) is 16.1. The highest BCUT2D eigenvalue weighted by molar-refractivity contribution is 6.17. The Kier molecular flexibility index (Phi) is 5.07. The normalized spacial score (nSPS) is 14.3. The monoisotopic (exact) mass is 294 g/mol. The fourth-order valence-electron chi connectivity index (χ4n) is 1.70. The Hall–Kier alpha value is -0.970. The van der Waals surface area contributed by atoms with Gasteiger partial charge < -0.3 is 5.32 Å². The molecule has 0 fully saturated rings. The van der Waals surface area contributed by atoms with Crippen LogP contribution in [0.15, 0.2) is 18.3 Å². The summed E-state index contributed by atoms with van der Waals surface area (Å²) in [4.78, 5) is 3.93. The Labute approximate surface area is 116 Å². The standard InChI is InChI=1S/C13H18ClF3N2/c1-12(2,3)10(4-6-14)19-11-8-9(5-7-18-11)13(15,16)17/h5,7-8,10H,4,6H2,1-3H3,(H,18,19). The first-order valence-electron chi connectivity index (χ1n) is 6.00. The highest BCUT2D eigenvalue weighted by Crippen LogP contribution is 2.31. The van der Waals surface area contributed by atoms with Crippen LogP contribution >= 0.6 is 11.6 Å². The molecule has 0 amide bonds. The third kappa shape index (κ3) is 4.90. The Morgan fingerprint density at radius 1 is 1.32 bits per heavy atom. The molecule has 1 heterocycles. The minimum absolute atomic E-state index is 0.0408. The van der Waals surface area contributed by atoms with E-state index in [1.165, 1.54) is 0 Å². The summed E-state index contributed by atoms with van der Waals surface area (Å²) in [6.45, 7) is 6.01. The summed E-state index contributed by atoms with van der Waals surface area (Å²) >= 11 is 5.73. The van der Waals surface area contributed by atoms with Gasteiger partial charge in [0.25, 0.3) is 0 Å². The van der Waals surface area contributed by atoms with Gasteiger partial charge in [0.1, 0.15) is 5.82 Å². The van der Waals surface area contributed by atoms with Crippen LogP contribution in [-0.4, -0.2) is 16.9 Å². The zero-order valence-corrected chi connectivity index (χ0v) is 11.9. The lowest BCUT2D eigenvalue weighted by molar-refractivity contribution is -0.137. The molecule has 0 aliphatic heterocycles. The Bertz CT molecular complexity index is 413. The first-order valence-corrected chi connectivity index (χ1v) is 6.54. The molecule has 0 aliphatic rings. The summed E-state index contributed by atoms with van der Waals surface area (Å²) in [5.41, 5.74) is -0.825. The topological polar surface area (TPSA) is 24.9 Å². The van der Waals surface area contributed by atoms with Crippen LogP contribution in [0.1, 0.15) is 32.8 Å². The molecule has 2 nitrogen and oxygen atoms in total. The van der Waals surface area contributed by atoms with Gasteiger partial charge in [0.2, 0.25) is 0 Å². The van der Waals surface area contributed by atoms with E-state index in [9.17, 15) is 13.2 Å². The van der Waals surface area contributed by atoms with E-state index in [0.717, 1.165) is 18.3 Å². The summed E-state index contributed by atoms with van der Waals surface area (Å²) < 4.78 is 37.8. The number of nitrogens with one attached hydrogen (secondary N) is 1. The Morgan fingerprint density at radius 2 is 1.95 bits per heavy atom. The van der Waals surface area contributed by atoms with Crippen molar-refractivity contribution < 1.29 is 13.2 Å². The second-order valence-corrected chi connectivity index (χ2v) is 5.85. The molecule has 0 spiro atoms. The number of pyridine rings is 1. The maximum absolute atomic E-state index is 12.6. The van der Waals surface area contributed by atoms with E-state index < -0.39 is 11.7 Å². The molecular formula is C13H18ClF3N2. The van der Waals surface area contributed by atoms with Crippen molar-refractivity contribution in [2.45, 2.75) is 39.4 Å². The average Bonchev–Trinajstić information content (AvgIpc) is 2.26. The SMILES string of the molecule is CC(C)(C)C(CCCl)Nc1cc(C(F)(F)F)ccn1. The van der Waals surface area contributed by atoms with Crippen molar-refractivity contribution in [1.82, 2.24) is 4.98 Å². The minimum atomic E-state index is -4.36. The van der Waals surface area contributed by atoms with E-state index in [1.54, 1.807) is 0 Å². The summed E-state index contributed by atoms with van der Waals surface area (Å²) in [6, 6.07) is 1.94. The van der Waals surface area contributed by atoms with Crippen molar-refractivity contribution >= 4 is 17.4 Å². The number of anilines is 1. The maximum Gasteiger partial charge on any atom is 0.416 e. The third-order valence-electron chi connectivity index (χ3n) is 2.85. The number of rotatable bonds is 4. The van der Waals surface area contributed by atoms with Crippen molar-refractivity contribution in [2.24, 2.45) is 5.41 Å². The predicted molar refractivity (Wildman–Crippen MR) is 71.4 cm³/mol. The molecule has 1 aromatic rings. The predicted octanol–water partition coefficient (Wildman–Crippen LogP) is 4.56. The first-order chi connectivity index (χ1) is 8.64. The molecule has 0 radical (unpaired) electrons. The van der Waals surface area contributed by atoms with Crippen LogP contribution in [0.3, 0.4) is 0 Å². The molecule has 1 aromatic heterocycles. The summed E-state index contributed by atoms with van der Waals surface area (Å²) in [6.07, 6.45) is -2.54. The Morgan fingerprint density at radius 3 is 2.42 bits per heavy atom. The van der Waals surface area contributed by atoms with Crippen molar-refractivity contribution in [3.05, 3.63) is 23.9 Å². The summed E-state index contributed by atoms with van der Waals surface area (Å²) in [5, 5.41) is 3.04. The quantitative estimate of drug-likeness (QED) is 0.824. The van der Waals surface area contributed by atoms with Gasteiger partial charge in [0, 0.05) is 18.1 Å². The number of aromatic nitrogens is 1. The van der Waals surface area contributed by atoms with E-state index in [0.29, 0.717) is 12.3 Å². The van der Waals surface area contributed by atoms with Crippen LogP contribution in [0.25, 0.3) is 0 Å². The lowest BCUT2D eigenvalue weighted by atomic mass is 9.85. The van der Waals surface area contributed by atoms with Gasteiger partial charge in [-0.1, -0.05) is 20.8 Å². The number of halogens is 4. The molecule has 0 saturated carbocycles. The van der Waals surface area contributed by atoms with Crippen molar-refractivity contribution in [2.75, 3.05) is 11.2 Å². The average molecular weight is 295 g/mol. The minimum Gasteiger partial charge on any atom is -0.367 e. The number of hydrogen-bond donors (Lipinski definition) is 1. The molecule has 0 bridgehead atoms. The van der Waals surface area contributed by atoms with Crippen LogP contribution in [0, 0.1) is 5.41 Å². The fraction of sp³-hybridized carbons (Fsp3) is 0.615. The van der Waals surface area contributed by atoms with E-state index in [4.69, 9.17) is 11.6 Å². The molecule has 1 unspecified atom stereocenters. The zero-order chi connectivity index (χ0) is 14.7. The molecule has 1 rings (SSSR count). The summed E-state index contributed by atoms with van der Waals surface area (Å²) in [7, 11) is 0. The number of nitrogens with zero attached hydrogens (tertiary/aromatic N) is 1. The Balaban J connectivity index is 2.91. The van der Waals surface area contributed by atoms with Gasteiger partial charge in [0.15, 0.2) is 0 Å². The second kappa shape index (κ2) is 5.99. The van der Waals surface area contributed by atoms with Gasteiger partial charge in [-0.05, 0) is 24.0 Å². The molecule has 0 aromatic carbocycles. The van der Waals surface area contributed by atoms with Gasteiger partial charge in [-0.2, -0.15) is 13.2 Å². The lowest BCUT2D eigenvalue weighted by Crippen LogP contribution is -2.34. The molecule has 19 heavy (non-hydrogen) atoms. The van der Waals surface area contributed by atoms with Crippen LogP contribution in [0.4, 0.5) is 19.0 Å². The van der Waals surface area contributed by atoms with E-state index in [-0.39, 0.29) is 17.3 Å². The van der Waals surface area contributed by atoms with E-state index in [2.05, 4.69) is 10.3 Å². The largest absolute Gasteiger partial charge is 0.416 e. The number of alkyl halides is 4. The van der Waals surface area contributed by atoms with Crippen LogP contribution < -0.4 is 5.32 Å². The zero-order valence-electron chi connectivity index (χ0n) is 11.2. The van der Waals surface area contributed by atoms with Crippen LogP contribution in [0.2, 0.25) is 0 Å². The van der Waals surface area contributed by atoms with E-state index in [1.807, 2.05) is 20.8 Å². The molecule has 0 aliphatic carbocycles. The highest BCUT2D eigenvalue weighted by Gasteiger charge is 2.31. The highest BCUT2D eigenvalue weighted by atomic mass is 35.5. The van der Waals surface area contributed by atoms with Crippen molar-refractivity contribution in [3.8, 4) is 0 Å². The summed E-state index contributed by atoms with van der Waals surface area (Å²) in [5.74, 6) is 0.660. The lowest BCUT2D eigenvalue weighted by Gasteiger charge is -2.31. The molecular weight excluding hydrogens is 277 g/mol. The number of hydrogen-bond acceptors (Lipinski definition) is 2. The molecule has 108 valence electrons. The van der Waals surface area contributed by atoms with Crippen LogP contribution in [0.5, 0.6) is 0 Å². The van der Waals surface area contributed by atoms with Crippen molar-refractivity contribution in [3.63, 3.8) is 0 Å². The molecule has 1 atom stereocenters. The van der Waals surface area contributed by atoms with Crippen LogP contribution in [-0.2, 0) is 6.18 Å². The smallest absolute Gasteiger partial charge is 0.367 e. The second-order valence-electron chi connectivity index (χ2n) is 5.47. The molecule has 6 heteroatoms. The fourth-order valence-corrected chi connectivity index (χ4v) is 1.91. The third-order valence-corrected chi connectivity index (χ3v) is 3.07. The van der Waals surface area contributed by atoms with Gasteiger partial charge >= 0.3 is 6.18 Å². The van der Waals surface area contributed by atoms with Crippen molar-refractivity contribution in [1.29, 1.82) is 0 Å². The van der Waals surface area contributed by atoms with Gasteiger partial charge in [-0.25, -0.2) is 4.98 Å². The maximum atomic E-state index is 12.6. The van der Waals surface area contributed by atoms with E-state index >= 15 is 0 Å². The van der Waals surface area contributed by atoms with Gasteiger partial charge in [-0.15, -0.1) is 11.6 Å².